The van der Waals surface area contributed by atoms with Crippen molar-refractivity contribution in [2.24, 2.45) is 4.99 Å². The van der Waals surface area contributed by atoms with Crippen molar-refractivity contribution in [2.45, 2.75) is 12.5 Å². The number of hydrogen-bond acceptors (Lipinski definition) is 3. The van der Waals surface area contributed by atoms with Crippen LogP contribution in [0.2, 0.25) is 10.0 Å². The molecule has 18 heavy (non-hydrogen) atoms. The van der Waals surface area contributed by atoms with Gasteiger partial charge in [0, 0.05) is 6.54 Å². The molecule has 1 atom stereocenters. The van der Waals surface area contributed by atoms with E-state index in [0.717, 1.165) is 18.9 Å². The van der Waals surface area contributed by atoms with Crippen LogP contribution in [0.5, 0.6) is 5.75 Å². The van der Waals surface area contributed by atoms with Crippen molar-refractivity contribution in [3.05, 3.63) is 28.2 Å². The number of nitrogens with zero attached hydrogens (tertiary/aromatic N) is 1. The van der Waals surface area contributed by atoms with Gasteiger partial charge in [-0.15, -0.1) is 12.3 Å². The van der Waals surface area contributed by atoms with Gasteiger partial charge in [-0.1, -0.05) is 29.3 Å². The Bertz CT molecular complexity index is 508. The summed E-state index contributed by atoms with van der Waals surface area (Å²) in [4.78, 5) is 4.31. The lowest BCUT2D eigenvalue weighted by Crippen LogP contribution is -2.35. The maximum atomic E-state index is 6.08. The van der Waals surface area contributed by atoms with Crippen LogP contribution in [0.1, 0.15) is 6.42 Å². The Morgan fingerprint density at radius 3 is 3.00 bits per heavy atom. The van der Waals surface area contributed by atoms with Gasteiger partial charge in [-0.05, 0) is 12.1 Å². The van der Waals surface area contributed by atoms with Crippen LogP contribution in [0, 0.1) is 12.3 Å². The molecule has 0 saturated carbocycles. The molecule has 0 amide bonds. The highest BCUT2D eigenvalue weighted by molar-refractivity contribution is 6.42. The van der Waals surface area contributed by atoms with E-state index in [1.807, 2.05) is 0 Å². The van der Waals surface area contributed by atoms with Gasteiger partial charge in [0.1, 0.15) is 16.6 Å². The zero-order chi connectivity index (χ0) is 13.0. The van der Waals surface area contributed by atoms with Crippen molar-refractivity contribution < 1.29 is 4.74 Å². The van der Waals surface area contributed by atoms with Crippen LogP contribution in [0.3, 0.4) is 0 Å². The second-order valence-corrected chi connectivity index (χ2v) is 4.55. The number of nitrogens with one attached hydrogen (secondary N) is 1. The van der Waals surface area contributed by atoms with E-state index < -0.39 is 0 Å². The zero-order valence-electron chi connectivity index (χ0n) is 9.62. The highest BCUT2D eigenvalue weighted by Gasteiger charge is 2.21. The van der Waals surface area contributed by atoms with Gasteiger partial charge in [0.05, 0.1) is 18.0 Å². The van der Waals surface area contributed by atoms with Crippen LogP contribution in [0.25, 0.3) is 0 Å². The molecule has 5 heteroatoms. The Morgan fingerprint density at radius 2 is 2.33 bits per heavy atom. The predicted octanol–water partition coefficient (Wildman–Crippen LogP) is 2.77. The molecular formula is C13H12Cl2N2O. The molecule has 1 aliphatic heterocycles. The molecule has 0 aliphatic carbocycles. The Kier molecular flexibility index (Phi) is 4.35. The second kappa shape index (κ2) is 5.99. The first-order valence-corrected chi connectivity index (χ1v) is 6.30. The van der Waals surface area contributed by atoms with Crippen molar-refractivity contribution in [3.8, 4) is 18.1 Å². The molecule has 0 saturated heterocycles. The third-order valence-corrected chi connectivity index (χ3v) is 3.30. The molecule has 1 aromatic rings. The van der Waals surface area contributed by atoms with Gasteiger partial charge >= 0.3 is 0 Å². The monoisotopic (exact) mass is 282 g/mol. The first-order chi connectivity index (χ1) is 8.72. The standard InChI is InChI=1S/C13H12Cl2N2O/c1-2-4-11(13-16-7-8-17-13)18-10-6-3-5-9(14)12(10)15/h1,3,5-6,11H,4,7-8H2,(H,16,17). The third-order valence-electron chi connectivity index (χ3n) is 2.49. The Hall–Kier alpha value is -1.37. The Morgan fingerprint density at radius 1 is 1.50 bits per heavy atom. The molecule has 2 rings (SSSR count). The Balaban J connectivity index is 2.18. The van der Waals surface area contributed by atoms with Crippen molar-refractivity contribution in [1.29, 1.82) is 0 Å². The van der Waals surface area contributed by atoms with Crippen LogP contribution < -0.4 is 10.1 Å². The lowest BCUT2D eigenvalue weighted by Gasteiger charge is -2.18. The molecular weight excluding hydrogens is 271 g/mol. The summed E-state index contributed by atoms with van der Waals surface area (Å²) in [5, 5.41) is 3.99. The number of hydrogen-bond donors (Lipinski definition) is 1. The first-order valence-electron chi connectivity index (χ1n) is 5.54. The van der Waals surface area contributed by atoms with Crippen molar-refractivity contribution in [3.63, 3.8) is 0 Å². The number of benzene rings is 1. The van der Waals surface area contributed by atoms with E-state index in [9.17, 15) is 0 Å². The molecule has 0 fully saturated rings. The summed E-state index contributed by atoms with van der Waals surface area (Å²) in [6, 6.07) is 5.24. The van der Waals surface area contributed by atoms with Gasteiger partial charge in [0.2, 0.25) is 0 Å². The maximum absolute atomic E-state index is 6.08. The molecule has 1 aliphatic rings. The fourth-order valence-corrected chi connectivity index (χ4v) is 2.00. The van der Waals surface area contributed by atoms with E-state index in [1.54, 1.807) is 18.2 Å². The average Bonchev–Trinajstić information content (AvgIpc) is 2.88. The van der Waals surface area contributed by atoms with Crippen LogP contribution in [-0.2, 0) is 0 Å². The van der Waals surface area contributed by atoms with Crippen LogP contribution in [-0.4, -0.2) is 25.0 Å². The largest absolute Gasteiger partial charge is 0.480 e. The lowest BCUT2D eigenvalue weighted by molar-refractivity contribution is 0.270. The first kappa shape index (κ1) is 13.1. The van der Waals surface area contributed by atoms with Crippen LogP contribution >= 0.6 is 23.2 Å². The minimum atomic E-state index is -0.312. The minimum Gasteiger partial charge on any atom is -0.480 e. The van der Waals surface area contributed by atoms with E-state index in [1.165, 1.54) is 0 Å². The molecule has 0 radical (unpaired) electrons. The normalized spacial score (nSPS) is 15.5. The summed E-state index contributed by atoms with van der Waals surface area (Å²) in [7, 11) is 0. The topological polar surface area (TPSA) is 33.6 Å². The molecule has 0 bridgehead atoms. The summed E-state index contributed by atoms with van der Waals surface area (Å²) in [5.74, 6) is 3.86. The fourth-order valence-electron chi connectivity index (χ4n) is 1.66. The van der Waals surface area contributed by atoms with Gasteiger partial charge < -0.3 is 10.1 Å². The average molecular weight is 283 g/mol. The summed E-state index contributed by atoms with van der Waals surface area (Å²) < 4.78 is 5.80. The lowest BCUT2D eigenvalue weighted by atomic mass is 10.2. The van der Waals surface area contributed by atoms with E-state index in [0.29, 0.717) is 22.2 Å². The van der Waals surface area contributed by atoms with E-state index in [4.69, 9.17) is 34.4 Å². The molecule has 1 unspecified atom stereocenters. The number of halogens is 2. The number of amidine groups is 1. The summed E-state index contributed by atoms with van der Waals surface area (Å²) >= 11 is 12.0. The predicted molar refractivity (Wildman–Crippen MR) is 74.6 cm³/mol. The van der Waals surface area contributed by atoms with Gasteiger partial charge in [0.25, 0.3) is 0 Å². The van der Waals surface area contributed by atoms with Crippen molar-refractivity contribution >= 4 is 29.0 Å². The molecule has 0 aromatic heterocycles. The van der Waals surface area contributed by atoms with Crippen molar-refractivity contribution in [1.82, 2.24) is 5.32 Å². The Labute approximate surface area is 116 Å². The number of ether oxygens (including phenoxy) is 1. The van der Waals surface area contributed by atoms with Gasteiger partial charge in [0.15, 0.2) is 6.10 Å². The molecule has 1 aromatic carbocycles. The summed E-state index contributed by atoms with van der Waals surface area (Å²) in [6.45, 7) is 1.55. The van der Waals surface area contributed by atoms with Gasteiger partial charge in [-0.25, -0.2) is 0 Å². The molecule has 1 heterocycles. The molecule has 3 nitrogen and oxygen atoms in total. The molecule has 0 spiro atoms. The van der Waals surface area contributed by atoms with Gasteiger partial charge in [-0.2, -0.15) is 0 Å². The number of rotatable bonds is 4. The SMILES string of the molecule is C#CCC(Oc1cccc(Cl)c1Cl)C1=NCCN1. The number of aliphatic imine (C=N–C) groups is 1. The highest BCUT2D eigenvalue weighted by Crippen LogP contribution is 2.32. The molecule has 1 N–H and O–H groups in total. The highest BCUT2D eigenvalue weighted by atomic mass is 35.5. The van der Waals surface area contributed by atoms with Crippen LogP contribution in [0.15, 0.2) is 23.2 Å². The van der Waals surface area contributed by atoms with Crippen LogP contribution in [0.4, 0.5) is 0 Å². The second-order valence-electron chi connectivity index (χ2n) is 3.76. The summed E-state index contributed by atoms with van der Waals surface area (Å²) in [5.41, 5.74) is 0. The maximum Gasteiger partial charge on any atom is 0.166 e. The third kappa shape index (κ3) is 2.90. The quantitative estimate of drug-likeness (QED) is 0.862. The summed E-state index contributed by atoms with van der Waals surface area (Å²) in [6.07, 6.45) is 5.46. The molecule has 94 valence electrons. The van der Waals surface area contributed by atoms with E-state index >= 15 is 0 Å². The fraction of sp³-hybridized carbons (Fsp3) is 0.308. The minimum absolute atomic E-state index is 0.312. The smallest absolute Gasteiger partial charge is 0.166 e. The zero-order valence-corrected chi connectivity index (χ0v) is 11.1. The van der Waals surface area contributed by atoms with Crippen molar-refractivity contribution in [2.75, 3.05) is 13.1 Å². The van der Waals surface area contributed by atoms with E-state index in [-0.39, 0.29) is 6.10 Å². The van der Waals surface area contributed by atoms with E-state index in [2.05, 4.69) is 16.2 Å². The number of terminal acetylenes is 1. The van der Waals surface area contributed by atoms with Gasteiger partial charge in [-0.3, -0.25) is 4.99 Å².